The highest BCUT2D eigenvalue weighted by Crippen LogP contribution is 2.19. The Hall–Kier alpha value is -3.02. The average molecular weight is 396 g/mol. The fourth-order valence-electron chi connectivity index (χ4n) is 3.52. The van der Waals surface area contributed by atoms with Crippen LogP contribution in [0.2, 0.25) is 0 Å². The molecule has 1 aliphatic rings. The van der Waals surface area contributed by atoms with Crippen molar-refractivity contribution in [2.45, 2.75) is 19.3 Å². The van der Waals surface area contributed by atoms with Crippen LogP contribution < -0.4 is 14.8 Å². The van der Waals surface area contributed by atoms with Gasteiger partial charge in [-0.05, 0) is 48.2 Å². The molecule has 0 spiro atoms. The maximum absolute atomic E-state index is 12.5. The average Bonchev–Trinajstić information content (AvgIpc) is 3.13. The van der Waals surface area contributed by atoms with Gasteiger partial charge >= 0.3 is 0 Å². The van der Waals surface area contributed by atoms with Gasteiger partial charge in [0.05, 0.1) is 20.1 Å². The van der Waals surface area contributed by atoms with Crippen LogP contribution in [-0.2, 0) is 22.4 Å². The largest absolute Gasteiger partial charge is 0.497 e. The summed E-state index contributed by atoms with van der Waals surface area (Å²) in [5.74, 6) is 1.35. The fraction of sp³-hybridized carbons (Fsp3) is 0.391. The van der Waals surface area contributed by atoms with Crippen molar-refractivity contribution in [3.05, 3.63) is 59.7 Å². The minimum atomic E-state index is -0.274. The second-order valence-corrected chi connectivity index (χ2v) is 7.23. The van der Waals surface area contributed by atoms with Gasteiger partial charge in [-0.25, -0.2) is 0 Å². The van der Waals surface area contributed by atoms with Gasteiger partial charge in [-0.15, -0.1) is 0 Å². The Morgan fingerprint density at radius 3 is 2.52 bits per heavy atom. The van der Waals surface area contributed by atoms with E-state index in [9.17, 15) is 9.59 Å². The number of methoxy groups -OCH3 is 2. The summed E-state index contributed by atoms with van der Waals surface area (Å²) < 4.78 is 10.4. The highest BCUT2D eigenvalue weighted by atomic mass is 16.5. The SMILES string of the molecule is COc1ccc(CCN2CC(C(=O)NCCc3cccc(OC)c3)CC2=O)cc1. The zero-order valence-electron chi connectivity index (χ0n) is 17.0. The monoisotopic (exact) mass is 396 g/mol. The molecule has 1 atom stereocenters. The number of carbonyl (C=O) groups is 2. The van der Waals surface area contributed by atoms with Crippen LogP contribution in [0.3, 0.4) is 0 Å². The molecule has 0 bridgehead atoms. The molecule has 154 valence electrons. The van der Waals surface area contributed by atoms with Crippen LogP contribution in [0.25, 0.3) is 0 Å². The quantitative estimate of drug-likeness (QED) is 0.707. The predicted molar refractivity (Wildman–Crippen MR) is 111 cm³/mol. The summed E-state index contributed by atoms with van der Waals surface area (Å²) in [6, 6.07) is 15.6. The second kappa shape index (κ2) is 9.96. The third-order valence-electron chi connectivity index (χ3n) is 5.26. The van der Waals surface area contributed by atoms with Crippen LogP contribution in [0.15, 0.2) is 48.5 Å². The Balaban J connectivity index is 1.43. The van der Waals surface area contributed by atoms with Crippen LogP contribution >= 0.6 is 0 Å². The smallest absolute Gasteiger partial charge is 0.225 e. The predicted octanol–water partition coefficient (Wildman–Crippen LogP) is 2.45. The van der Waals surface area contributed by atoms with E-state index in [-0.39, 0.29) is 24.2 Å². The van der Waals surface area contributed by atoms with Crippen LogP contribution in [-0.4, -0.2) is 50.6 Å². The second-order valence-electron chi connectivity index (χ2n) is 7.23. The molecule has 2 amide bonds. The van der Waals surface area contributed by atoms with E-state index >= 15 is 0 Å². The van der Waals surface area contributed by atoms with E-state index < -0.39 is 0 Å². The molecule has 2 aromatic rings. The number of rotatable bonds is 9. The number of hydrogen-bond acceptors (Lipinski definition) is 4. The summed E-state index contributed by atoms with van der Waals surface area (Å²) in [6.45, 7) is 1.65. The van der Waals surface area contributed by atoms with Crippen molar-refractivity contribution in [2.24, 2.45) is 5.92 Å². The number of nitrogens with zero attached hydrogens (tertiary/aromatic N) is 1. The maximum Gasteiger partial charge on any atom is 0.225 e. The first kappa shape index (κ1) is 20.7. The van der Waals surface area contributed by atoms with Gasteiger partial charge in [0.15, 0.2) is 0 Å². The molecule has 0 saturated carbocycles. The molecule has 6 heteroatoms. The number of likely N-dealkylation sites (tertiary alicyclic amines) is 1. The van der Waals surface area contributed by atoms with Gasteiger partial charge in [0.25, 0.3) is 0 Å². The van der Waals surface area contributed by atoms with Crippen molar-refractivity contribution in [1.82, 2.24) is 10.2 Å². The van der Waals surface area contributed by atoms with Gasteiger partial charge in [-0.3, -0.25) is 9.59 Å². The van der Waals surface area contributed by atoms with E-state index in [2.05, 4.69) is 5.32 Å². The van der Waals surface area contributed by atoms with Crippen LogP contribution in [0.1, 0.15) is 17.5 Å². The van der Waals surface area contributed by atoms with Crippen molar-refractivity contribution >= 4 is 11.8 Å². The van der Waals surface area contributed by atoms with Gasteiger partial charge in [0, 0.05) is 26.1 Å². The first-order chi connectivity index (χ1) is 14.1. The molecule has 1 aliphatic heterocycles. The minimum absolute atomic E-state index is 0.0476. The van der Waals surface area contributed by atoms with Gasteiger partial charge in [-0.2, -0.15) is 0 Å². The summed E-state index contributed by atoms with van der Waals surface area (Å²) in [5.41, 5.74) is 2.25. The summed E-state index contributed by atoms with van der Waals surface area (Å²) >= 11 is 0. The van der Waals surface area contributed by atoms with Gasteiger partial charge in [0.2, 0.25) is 11.8 Å². The molecule has 1 unspecified atom stereocenters. The fourth-order valence-corrected chi connectivity index (χ4v) is 3.52. The van der Waals surface area contributed by atoms with Crippen molar-refractivity contribution in [1.29, 1.82) is 0 Å². The van der Waals surface area contributed by atoms with E-state index in [1.54, 1.807) is 19.1 Å². The molecular weight excluding hydrogens is 368 g/mol. The van der Waals surface area contributed by atoms with Crippen molar-refractivity contribution in [2.75, 3.05) is 33.9 Å². The third-order valence-corrected chi connectivity index (χ3v) is 5.26. The molecule has 1 saturated heterocycles. The molecule has 6 nitrogen and oxygen atoms in total. The van der Waals surface area contributed by atoms with Crippen molar-refractivity contribution < 1.29 is 19.1 Å². The highest BCUT2D eigenvalue weighted by Gasteiger charge is 2.33. The number of hydrogen-bond donors (Lipinski definition) is 1. The molecule has 3 rings (SSSR count). The number of amides is 2. The maximum atomic E-state index is 12.5. The Bertz CT molecular complexity index is 835. The first-order valence-electron chi connectivity index (χ1n) is 9.90. The van der Waals surface area contributed by atoms with Crippen LogP contribution in [0.4, 0.5) is 0 Å². The van der Waals surface area contributed by atoms with E-state index in [0.29, 0.717) is 19.6 Å². The zero-order valence-corrected chi connectivity index (χ0v) is 17.0. The summed E-state index contributed by atoms with van der Waals surface area (Å²) in [4.78, 5) is 26.5. The lowest BCUT2D eigenvalue weighted by Crippen LogP contribution is -2.34. The van der Waals surface area contributed by atoms with Gasteiger partial charge < -0.3 is 19.7 Å². The van der Waals surface area contributed by atoms with Crippen LogP contribution in [0.5, 0.6) is 11.5 Å². The zero-order chi connectivity index (χ0) is 20.6. The Morgan fingerprint density at radius 1 is 1.03 bits per heavy atom. The van der Waals surface area contributed by atoms with Crippen LogP contribution in [0, 0.1) is 5.92 Å². The molecule has 0 aromatic heterocycles. The Kier molecular flexibility index (Phi) is 7.11. The van der Waals surface area contributed by atoms with Gasteiger partial charge in [-0.1, -0.05) is 24.3 Å². The number of benzene rings is 2. The topological polar surface area (TPSA) is 67.9 Å². The van der Waals surface area contributed by atoms with E-state index in [4.69, 9.17) is 9.47 Å². The minimum Gasteiger partial charge on any atom is -0.497 e. The molecule has 1 fully saturated rings. The molecule has 1 heterocycles. The molecular formula is C23H28N2O4. The van der Waals surface area contributed by atoms with Crippen molar-refractivity contribution in [3.63, 3.8) is 0 Å². The first-order valence-corrected chi connectivity index (χ1v) is 9.90. The molecule has 29 heavy (non-hydrogen) atoms. The number of ether oxygens (including phenoxy) is 2. The Morgan fingerprint density at radius 2 is 1.79 bits per heavy atom. The summed E-state index contributed by atoms with van der Waals surface area (Å²) in [6.07, 6.45) is 1.78. The van der Waals surface area contributed by atoms with E-state index in [0.717, 1.165) is 35.5 Å². The van der Waals surface area contributed by atoms with E-state index in [1.807, 2.05) is 48.5 Å². The number of carbonyl (C=O) groups excluding carboxylic acids is 2. The van der Waals surface area contributed by atoms with Crippen molar-refractivity contribution in [3.8, 4) is 11.5 Å². The highest BCUT2D eigenvalue weighted by molar-refractivity contribution is 5.89. The van der Waals surface area contributed by atoms with E-state index in [1.165, 1.54) is 0 Å². The number of nitrogens with one attached hydrogen (secondary N) is 1. The van der Waals surface area contributed by atoms with Gasteiger partial charge in [0.1, 0.15) is 11.5 Å². The summed E-state index contributed by atoms with van der Waals surface area (Å²) in [7, 11) is 3.28. The third kappa shape index (κ3) is 5.73. The standard InChI is InChI=1S/C23H28N2O4/c1-28-20-8-6-17(7-9-20)11-13-25-16-19(15-22(25)26)23(27)24-12-10-18-4-3-5-21(14-18)29-2/h3-9,14,19H,10-13,15-16H2,1-2H3,(H,24,27). The lowest BCUT2D eigenvalue weighted by Gasteiger charge is -2.16. The molecule has 0 aliphatic carbocycles. The summed E-state index contributed by atoms with van der Waals surface area (Å²) in [5, 5.41) is 2.97. The lowest BCUT2D eigenvalue weighted by atomic mass is 10.1. The molecule has 2 aromatic carbocycles. The lowest BCUT2D eigenvalue weighted by molar-refractivity contribution is -0.129. The molecule has 1 N–H and O–H groups in total. The normalized spacial score (nSPS) is 16.0. The molecule has 0 radical (unpaired) electrons. The Labute approximate surface area is 171 Å².